The number of anilines is 1. The molecular formula is C20H21N5O3S. The molecule has 1 saturated heterocycles. The van der Waals surface area contributed by atoms with Gasteiger partial charge in [0.25, 0.3) is 5.56 Å². The zero-order valence-electron chi connectivity index (χ0n) is 16.0. The molecule has 1 aliphatic rings. The minimum absolute atomic E-state index is 0.0898. The Kier molecular flexibility index (Phi) is 5.39. The van der Waals surface area contributed by atoms with E-state index in [2.05, 4.69) is 15.4 Å². The van der Waals surface area contributed by atoms with E-state index >= 15 is 0 Å². The largest absolute Gasteiger partial charge is 0.342 e. The fraction of sp³-hybridized carbons (Fsp3) is 0.350. The summed E-state index contributed by atoms with van der Waals surface area (Å²) in [6.45, 7) is 0.989. The van der Waals surface area contributed by atoms with Crippen LogP contribution in [-0.2, 0) is 23.1 Å². The molecule has 9 heteroatoms. The number of aryl methyl sites for hydroxylation is 1. The second-order valence-electron chi connectivity index (χ2n) is 7.10. The summed E-state index contributed by atoms with van der Waals surface area (Å²) in [5.41, 5.74) is 0.385. The number of rotatable bonds is 4. The topological polar surface area (TPSA) is 97.2 Å². The van der Waals surface area contributed by atoms with Gasteiger partial charge in [-0.15, -0.1) is 11.3 Å². The summed E-state index contributed by atoms with van der Waals surface area (Å²) in [6.07, 6.45) is 3.24. The molecule has 0 bridgehead atoms. The van der Waals surface area contributed by atoms with E-state index in [0.717, 1.165) is 12.8 Å². The highest BCUT2D eigenvalue weighted by Gasteiger charge is 2.29. The Morgan fingerprint density at radius 1 is 1.28 bits per heavy atom. The predicted octanol–water partition coefficient (Wildman–Crippen LogP) is 1.81. The van der Waals surface area contributed by atoms with Crippen LogP contribution in [0.25, 0.3) is 10.8 Å². The van der Waals surface area contributed by atoms with Crippen molar-refractivity contribution < 1.29 is 9.59 Å². The number of carbonyl (C=O) groups excluding carboxylic acids is 2. The number of hydrogen-bond acceptors (Lipinski definition) is 6. The van der Waals surface area contributed by atoms with Crippen LogP contribution in [0.3, 0.4) is 0 Å². The molecule has 1 fully saturated rings. The third-order valence-electron chi connectivity index (χ3n) is 5.16. The first-order valence-electron chi connectivity index (χ1n) is 9.46. The molecule has 0 saturated carbocycles. The monoisotopic (exact) mass is 411 g/mol. The molecule has 1 unspecified atom stereocenters. The quantitative estimate of drug-likeness (QED) is 0.706. The summed E-state index contributed by atoms with van der Waals surface area (Å²) in [5, 5.41) is 10.7. The highest BCUT2D eigenvalue weighted by atomic mass is 32.1. The maximum Gasteiger partial charge on any atom is 0.274 e. The smallest absolute Gasteiger partial charge is 0.274 e. The zero-order chi connectivity index (χ0) is 20.4. The van der Waals surface area contributed by atoms with Crippen LogP contribution in [0.1, 0.15) is 18.5 Å². The molecule has 4 rings (SSSR count). The highest BCUT2D eigenvalue weighted by molar-refractivity contribution is 7.13. The van der Waals surface area contributed by atoms with Crippen LogP contribution in [0.4, 0.5) is 5.13 Å². The second kappa shape index (κ2) is 8.12. The van der Waals surface area contributed by atoms with Crippen LogP contribution in [0, 0.1) is 5.92 Å². The minimum Gasteiger partial charge on any atom is -0.342 e. The molecule has 0 spiro atoms. The number of thiazole rings is 1. The van der Waals surface area contributed by atoms with Gasteiger partial charge >= 0.3 is 0 Å². The summed E-state index contributed by atoms with van der Waals surface area (Å²) in [4.78, 5) is 43.5. The van der Waals surface area contributed by atoms with Crippen LogP contribution in [-0.4, -0.2) is 44.6 Å². The number of benzene rings is 1. The molecule has 1 aliphatic heterocycles. The van der Waals surface area contributed by atoms with Crippen LogP contribution in [0.5, 0.6) is 0 Å². The molecule has 3 heterocycles. The van der Waals surface area contributed by atoms with Gasteiger partial charge in [0.1, 0.15) is 0 Å². The third kappa shape index (κ3) is 4.04. The molecule has 1 aromatic carbocycles. The first-order chi connectivity index (χ1) is 14.0. The van der Waals surface area contributed by atoms with Crippen molar-refractivity contribution in [1.29, 1.82) is 0 Å². The van der Waals surface area contributed by atoms with Crippen molar-refractivity contribution in [3.63, 3.8) is 0 Å². The maximum atomic E-state index is 12.9. The lowest BCUT2D eigenvalue weighted by molar-refractivity contribution is -0.134. The second-order valence-corrected chi connectivity index (χ2v) is 8.00. The van der Waals surface area contributed by atoms with E-state index in [1.54, 1.807) is 35.7 Å². The molecule has 29 heavy (non-hydrogen) atoms. The number of fused-ring (bicyclic) bond motifs is 1. The van der Waals surface area contributed by atoms with Gasteiger partial charge in [-0.05, 0) is 18.9 Å². The third-order valence-corrected chi connectivity index (χ3v) is 5.85. The predicted molar refractivity (Wildman–Crippen MR) is 111 cm³/mol. The molecule has 2 aromatic heterocycles. The number of carbonyl (C=O) groups is 2. The van der Waals surface area contributed by atoms with E-state index in [0.29, 0.717) is 34.7 Å². The van der Waals surface area contributed by atoms with E-state index in [1.165, 1.54) is 16.0 Å². The van der Waals surface area contributed by atoms with Crippen LogP contribution < -0.4 is 10.9 Å². The van der Waals surface area contributed by atoms with E-state index < -0.39 is 0 Å². The number of piperidine rings is 1. The van der Waals surface area contributed by atoms with Crippen LogP contribution in [0.2, 0.25) is 0 Å². The molecule has 8 nitrogen and oxygen atoms in total. The van der Waals surface area contributed by atoms with Crippen molar-refractivity contribution in [1.82, 2.24) is 19.7 Å². The first kappa shape index (κ1) is 19.3. The molecule has 0 radical (unpaired) electrons. The standard InChI is InChI=1S/C20H21N5O3S/c1-24-19(28)15-7-3-2-6-14(15)16(23-24)11-17(26)25-9-4-5-13(12-25)18(27)22-20-21-8-10-29-20/h2-3,6-8,10,13H,4-5,9,11-12H2,1H3,(H,21,22,27). The van der Waals surface area contributed by atoms with Crippen molar-refractivity contribution in [3.05, 3.63) is 51.9 Å². The number of likely N-dealkylation sites (tertiary alicyclic amines) is 1. The minimum atomic E-state index is -0.263. The van der Waals surface area contributed by atoms with E-state index in [4.69, 9.17) is 0 Å². The number of nitrogens with one attached hydrogen (secondary N) is 1. The summed E-state index contributed by atoms with van der Waals surface area (Å²) in [5.74, 6) is -0.461. The molecule has 0 aliphatic carbocycles. The van der Waals surface area contributed by atoms with Gasteiger partial charge in [0.2, 0.25) is 11.8 Å². The fourth-order valence-corrected chi connectivity index (χ4v) is 4.20. The summed E-state index contributed by atoms with van der Waals surface area (Å²) in [7, 11) is 1.59. The van der Waals surface area contributed by atoms with Gasteiger partial charge in [-0.3, -0.25) is 14.4 Å². The van der Waals surface area contributed by atoms with Gasteiger partial charge in [0.05, 0.1) is 23.4 Å². The fourth-order valence-electron chi connectivity index (χ4n) is 3.67. The summed E-state index contributed by atoms with van der Waals surface area (Å²) in [6, 6.07) is 7.18. The number of hydrogen-bond donors (Lipinski definition) is 1. The maximum absolute atomic E-state index is 12.9. The SMILES string of the molecule is Cn1nc(CC(=O)N2CCCC(C(=O)Nc3nccs3)C2)c2ccccc2c1=O. The molecule has 3 aromatic rings. The Morgan fingerprint density at radius 2 is 2.07 bits per heavy atom. The molecule has 2 amide bonds. The number of amides is 2. The normalized spacial score (nSPS) is 16.7. The Morgan fingerprint density at radius 3 is 2.83 bits per heavy atom. The van der Waals surface area contributed by atoms with Crippen LogP contribution >= 0.6 is 11.3 Å². The van der Waals surface area contributed by atoms with Crippen molar-refractivity contribution in [2.45, 2.75) is 19.3 Å². The van der Waals surface area contributed by atoms with Gasteiger partial charge in [-0.2, -0.15) is 5.10 Å². The van der Waals surface area contributed by atoms with Crippen molar-refractivity contribution >= 4 is 39.1 Å². The lowest BCUT2D eigenvalue weighted by atomic mass is 9.96. The lowest BCUT2D eigenvalue weighted by Gasteiger charge is -2.32. The molecule has 1 atom stereocenters. The molecule has 1 N–H and O–H groups in total. The Balaban J connectivity index is 1.49. The van der Waals surface area contributed by atoms with Gasteiger partial charge in [-0.25, -0.2) is 9.67 Å². The number of aromatic nitrogens is 3. The van der Waals surface area contributed by atoms with Gasteiger partial charge in [-0.1, -0.05) is 18.2 Å². The van der Waals surface area contributed by atoms with E-state index in [-0.39, 0.29) is 29.7 Å². The van der Waals surface area contributed by atoms with Crippen molar-refractivity contribution in [2.75, 3.05) is 18.4 Å². The van der Waals surface area contributed by atoms with Gasteiger partial charge < -0.3 is 10.2 Å². The van der Waals surface area contributed by atoms with Gasteiger partial charge in [0, 0.05) is 37.1 Å². The van der Waals surface area contributed by atoms with E-state index in [9.17, 15) is 14.4 Å². The van der Waals surface area contributed by atoms with Gasteiger partial charge in [0.15, 0.2) is 5.13 Å². The lowest BCUT2D eigenvalue weighted by Crippen LogP contribution is -2.44. The Bertz CT molecular complexity index is 1110. The average molecular weight is 411 g/mol. The average Bonchev–Trinajstić information content (AvgIpc) is 3.25. The Hall–Kier alpha value is -3.07. The first-order valence-corrected chi connectivity index (χ1v) is 10.3. The molecule has 150 valence electrons. The van der Waals surface area contributed by atoms with Crippen molar-refractivity contribution in [2.24, 2.45) is 13.0 Å². The number of nitrogens with zero attached hydrogens (tertiary/aromatic N) is 4. The highest BCUT2D eigenvalue weighted by Crippen LogP contribution is 2.21. The zero-order valence-corrected chi connectivity index (χ0v) is 16.8. The van der Waals surface area contributed by atoms with Crippen molar-refractivity contribution in [3.8, 4) is 0 Å². The van der Waals surface area contributed by atoms with E-state index in [1.807, 2.05) is 12.1 Å². The summed E-state index contributed by atoms with van der Waals surface area (Å²) < 4.78 is 1.27. The Labute approximate surface area is 171 Å². The van der Waals surface area contributed by atoms with Crippen LogP contribution in [0.15, 0.2) is 40.6 Å². The molecular weight excluding hydrogens is 390 g/mol. The summed E-state index contributed by atoms with van der Waals surface area (Å²) >= 11 is 1.37.